The van der Waals surface area contributed by atoms with Gasteiger partial charge in [-0.05, 0) is 79.5 Å². The van der Waals surface area contributed by atoms with Crippen LogP contribution in [0, 0.1) is 36.0 Å². The van der Waals surface area contributed by atoms with Crippen LogP contribution in [0.3, 0.4) is 0 Å². The second kappa shape index (κ2) is 10.3. The van der Waals surface area contributed by atoms with E-state index in [4.69, 9.17) is 22.4 Å². The van der Waals surface area contributed by atoms with E-state index in [9.17, 15) is 29.1 Å². The second-order valence-corrected chi connectivity index (χ2v) is 14.8. The van der Waals surface area contributed by atoms with Gasteiger partial charge in [-0.3, -0.25) is 23.9 Å². The monoisotopic (exact) mass is 683 g/mol. The van der Waals surface area contributed by atoms with Gasteiger partial charge in [0.15, 0.2) is 0 Å². The predicted molar refractivity (Wildman–Crippen MR) is 178 cm³/mol. The number of rotatable bonds is 3. The van der Waals surface area contributed by atoms with E-state index in [0.717, 1.165) is 26.1 Å². The number of primary amides is 1. The number of benzene rings is 2. The van der Waals surface area contributed by atoms with Gasteiger partial charge in [-0.1, -0.05) is 35.4 Å². The number of phenolic OH excluding ortho intramolecular Hbond substituents is 1. The maximum absolute atomic E-state index is 14.8. The SMILES string of the molecule is Cc1c(-c2cc(N3C(=O)C4CC5C(=CCC6C(=O)N(C(N)=O)C(=O)C65)C(c5ccc(O)cc5)C4(C)C3=O)n(C)n2)sc2ccc(Cl)cc12. The molecule has 6 amide bonds. The highest BCUT2D eigenvalue weighted by molar-refractivity contribution is 7.22. The van der Waals surface area contributed by atoms with Crippen molar-refractivity contribution in [2.45, 2.75) is 32.6 Å². The molecule has 4 heterocycles. The molecule has 0 radical (unpaired) electrons. The molecule has 4 aromatic rings. The van der Waals surface area contributed by atoms with Crippen molar-refractivity contribution < 1.29 is 29.1 Å². The molecule has 6 atom stereocenters. The molecule has 13 heteroatoms. The number of nitrogens with zero attached hydrogens (tertiary/aromatic N) is 4. The normalized spacial score (nSPS) is 28.2. The van der Waals surface area contributed by atoms with Crippen molar-refractivity contribution in [2.24, 2.45) is 41.9 Å². The van der Waals surface area contributed by atoms with E-state index in [0.29, 0.717) is 27.0 Å². The largest absolute Gasteiger partial charge is 0.508 e. The number of imide groups is 4. The molecule has 2 aliphatic heterocycles. The molecule has 0 bridgehead atoms. The maximum atomic E-state index is 14.8. The van der Waals surface area contributed by atoms with Crippen LogP contribution in [0.1, 0.15) is 36.8 Å². The quantitative estimate of drug-likeness (QED) is 0.220. The average Bonchev–Trinajstić information content (AvgIpc) is 3.71. The Kier molecular flexibility index (Phi) is 6.58. The molecule has 11 nitrogen and oxygen atoms in total. The fraction of sp³-hybridized carbons (Fsp3) is 0.314. The number of urea groups is 1. The summed E-state index contributed by atoms with van der Waals surface area (Å²) in [7, 11) is 1.69. The number of aromatic hydroxyl groups is 1. The van der Waals surface area contributed by atoms with Gasteiger partial charge < -0.3 is 10.8 Å². The zero-order chi connectivity index (χ0) is 34.0. The zero-order valence-corrected chi connectivity index (χ0v) is 27.7. The molecular formula is C35H30ClN5O6S. The van der Waals surface area contributed by atoms with Gasteiger partial charge in [-0.2, -0.15) is 10.00 Å². The van der Waals surface area contributed by atoms with E-state index >= 15 is 0 Å². The Morgan fingerprint density at radius 2 is 1.77 bits per heavy atom. The summed E-state index contributed by atoms with van der Waals surface area (Å²) in [5.74, 6) is -5.57. The van der Waals surface area contributed by atoms with Crippen LogP contribution in [0.15, 0.2) is 60.2 Å². The third-order valence-electron chi connectivity index (χ3n) is 10.9. The Hall–Kier alpha value is -4.81. The molecule has 2 aromatic carbocycles. The molecule has 4 aliphatic rings. The molecule has 244 valence electrons. The predicted octanol–water partition coefficient (Wildman–Crippen LogP) is 5.28. The number of halogens is 1. The van der Waals surface area contributed by atoms with E-state index in [-0.39, 0.29) is 18.6 Å². The number of fused-ring (bicyclic) bond motifs is 5. The van der Waals surface area contributed by atoms with Crippen LogP contribution in [-0.4, -0.2) is 49.4 Å². The number of carbonyl (C=O) groups excluding carboxylic acids is 5. The first-order chi connectivity index (χ1) is 22.8. The van der Waals surface area contributed by atoms with Gasteiger partial charge in [0.25, 0.3) is 0 Å². The highest BCUT2D eigenvalue weighted by Crippen LogP contribution is 2.63. The molecule has 3 N–H and O–H groups in total. The Morgan fingerprint density at radius 3 is 2.48 bits per heavy atom. The Bertz CT molecular complexity index is 2170. The van der Waals surface area contributed by atoms with Gasteiger partial charge in [0, 0.05) is 28.8 Å². The summed E-state index contributed by atoms with van der Waals surface area (Å²) >= 11 is 7.82. The van der Waals surface area contributed by atoms with E-state index in [1.54, 1.807) is 43.5 Å². The summed E-state index contributed by atoms with van der Waals surface area (Å²) in [6.07, 6.45) is 2.21. The molecule has 2 aliphatic carbocycles. The number of thiophene rings is 1. The van der Waals surface area contributed by atoms with Gasteiger partial charge >= 0.3 is 6.03 Å². The number of allylic oxidation sites excluding steroid dienone is 2. The number of aryl methyl sites for hydroxylation is 2. The topological polar surface area (TPSA) is 156 Å². The first-order valence-electron chi connectivity index (χ1n) is 15.6. The van der Waals surface area contributed by atoms with Crippen LogP contribution in [-0.2, 0) is 26.2 Å². The summed E-state index contributed by atoms with van der Waals surface area (Å²) in [6, 6.07) is 12.8. The van der Waals surface area contributed by atoms with Gasteiger partial charge in [0.1, 0.15) is 17.3 Å². The molecule has 2 aromatic heterocycles. The van der Waals surface area contributed by atoms with E-state index < -0.39 is 64.7 Å². The summed E-state index contributed by atoms with van der Waals surface area (Å²) in [5.41, 5.74) is 7.22. The van der Waals surface area contributed by atoms with Crippen LogP contribution in [0.4, 0.5) is 10.6 Å². The molecule has 2 saturated heterocycles. The van der Waals surface area contributed by atoms with Crippen LogP contribution in [0.25, 0.3) is 20.7 Å². The van der Waals surface area contributed by atoms with Gasteiger partial charge in [-0.15, -0.1) is 11.3 Å². The standard InChI is InChI=1S/C35H30ClN5O6S/c1-15-21-12-17(36)6-11-25(21)48-29(15)24-14-26(39(3)38-24)40-31(44)23-13-22-19(9-10-20-27(22)32(45)41(30(20)43)34(37)47)28(35(23,2)33(40)46)16-4-7-18(42)8-5-16/h4-9,11-12,14,20,22-23,27-28,42H,10,13H2,1-3H3,(H2,37,47). The molecule has 6 unspecified atom stereocenters. The summed E-state index contributed by atoms with van der Waals surface area (Å²) in [6.45, 7) is 3.77. The zero-order valence-electron chi connectivity index (χ0n) is 26.1. The molecule has 1 saturated carbocycles. The van der Waals surface area contributed by atoms with Crippen molar-refractivity contribution >= 4 is 68.5 Å². The Balaban J connectivity index is 1.25. The van der Waals surface area contributed by atoms with E-state index in [2.05, 4.69) is 0 Å². The van der Waals surface area contributed by atoms with Crippen molar-refractivity contribution in [3.8, 4) is 16.3 Å². The van der Waals surface area contributed by atoms with Crippen molar-refractivity contribution in [1.29, 1.82) is 0 Å². The Morgan fingerprint density at radius 1 is 1.04 bits per heavy atom. The Labute approximate surface area is 283 Å². The first-order valence-corrected chi connectivity index (χ1v) is 16.8. The summed E-state index contributed by atoms with van der Waals surface area (Å²) in [5, 5.41) is 16.5. The third kappa shape index (κ3) is 3.99. The number of hydrogen-bond acceptors (Lipinski definition) is 8. The number of phenols is 1. The molecule has 0 spiro atoms. The lowest BCUT2D eigenvalue weighted by molar-refractivity contribution is -0.136. The average molecular weight is 684 g/mol. The van der Waals surface area contributed by atoms with Gasteiger partial charge in [0.2, 0.25) is 23.6 Å². The minimum atomic E-state index is -1.27. The minimum Gasteiger partial charge on any atom is -0.508 e. The molecular weight excluding hydrogens is 654 g/mol. The third-order valence-corrected chi connectivity index (χ3v) is 12.5. The number of likely N-dealkylation sites (tertiary alicyclic amines) is 1. The summed E-state index contributed by atoms with van der Waals surface area (Å²) < 4.78 is 2.57. The first kappa shape index (κ1) is 30.5. The number of nitrogens with two attached hydrogens (primary N) is 1. The molecule has 8 rings (SSSR count). The van der Waals surface area contributed by atoms with Gasteiger partial charge in [0.05, 0.1) is 28.0 Å². The van der Waals surface area contributed by atoms with Crippen molar-refractivity contribution in [3.63, 3.8) is 0 Å². The fourth-order valence-electron chi connectivity index (χ4n) is 8.71. The van der Waals surface area contributed by atoms with Crippen LogP contribution in [0.5, 0.6) is 5.75 Å². The maximum Gasteiger partial charge on any atom is 0.328 e. The lowest BCUT2D eigenvalue weighted by Crippen LogP contribution is -2.49. The van der Waals surface area contributed by atoms with Crippen molar-refractivity contribution in [3.05, 3.63) is 76.3 Å². The number of amides is 6. The van der Waals surface area contributed by atoms with Crippen molar-refractivity contribution in [2.75, 3.05) is 4.90 Å². The smallest absolute Gasteiger partial charge is 0.328 e. The van der Waals surface area contributed by atoms with Crippen molar-refractivity contribution in [1.82, 2.24) is 14.7 Å². The number of anilines is 1. The van der Waals surface area contributed by atoms with Gasteiger partial charge in [-0.25, -0.2) is 9.69 Å². The van der Waals surface area contributed by atoms with Crippen LogP contribution in [0.2, 0.25) is 5.02 Å². The van der Waals surface area contributed by atoms with E-state index in [1.807, 2.05) is 31.2 Å². The van der Waals surface area contributed by atoms with Crippen LogP contribution >= 0.6 is 22.9 Å². The lowest BCUT2D eigenvalue weighted by atomic mass is 9.51. The van der Waals surface area contributed by atoms with Crippen LogP contribution < -0.4 is 10.6 Å². The fourth-order valence-corrected chi connectivity index (χ4v) is 10.0. The molecule has 48 heavy (non-hydrogen) atoms. The minimum absolute atomic E-state index is 0.0378. The number of carbonyl (C=O) groups is 5. The number of aromatic nitrogens is 2. The number of hydrogen-bond donors (Lipinski definition) is 2. The molecule has 3 fully saturated rings. The summed E-state index contributed by atoms with van der Waals surface area (Å²) in [4.78, 5) is 70.9. The second-order valence-electron chi connectivity index (χ2n) is 13.3. The lowest BCUT2D eigenvalue weighted by Gasteiger charge is -2.49. The highest BCUT2D eigenvalue weighted by atomic mass is 35.5. The highest BCUT2D eigenvalue weighted by Gasteiger charge is 2.68. The van der Waals surface area contributed by atoms with E-state index in [1.165, 1.54) is 21.7 Å².